The Bertz CT molecular complexity index is 816. The lowest BCUT2D eigenvalue weighted by Crippen LogP contribution is -2.35. The Morgan fingerprint density at radius 2 is 1.76 bits per heavy atom. The van der Waals surface area contributed by atoms with E-state index in [9.17, 15) is 9.18 Å². The van der Waals surface area contributed by atoms with Crippen LogP contribution in [0.5, 0.6) is 5.75 Å². The minimum Gasteiger partial charge on any atom is -0.497 e. The van der Waals surface area contributed by atoms with Crippen molar-refractivity contribution in [2.45, 2.75) is 44.2 Å². The molecule has 1 amide bonds. The summed E-state index contributed by atoms with van der Waals surface area (Å²) < 4.78 is 18.6. The summed E-state index contributed by atoms with van der Waals surface area (Å²) in [6.45, 7) is 2.50. The highest BCUT2D eigenvalue weighted by molar-refractivity contribution is 5.80. The van der Waals surface area contributed by atoms with Gasteiger partial charge in [0.25, 0.3) is 0 Å². The molecule has 0 radical (unpaired) electrons. The quantitative estimate of drug-likeness (QED) is 0.799. The van der Waals surface area contributed by atoms with Crippen LogP contribution >= 0.6 is 0 Å². The molecule has 1 N–H and O–H groups in total. The molecule has 1 aliphatic carbocycles. The number of hydrogen-bond donors (Lipinski definition) is 1. The van der Waals surface area contributed by atoms with Crippen LogP contribution in [0.2, 0.25) is 0 Å². The third-order valence-corrected chi connectivity index (χ3v) is 6.35. The number of benzene rings is 2. The average molecular weight is 397 g/mol. The van der Waals surface area contributed by atoms with Gasteiger partial charge in [-0.3, -0.25) is 4.79 Å². The van der Waals surface area contributed by atoms with Gasteiger partial charge < -0.3 is 15.0 Å². The topological polar surface area (TPSA) is 41.6 Å². The van der Waals surface area contributed by atoms with Crippen molar-refractivity contribution in [3.63, 3.8) is 0 Å². The smallest absolute Gasteiger partial charge is 0.226 e. The molecule has 2 aromatic rings. The molecule has 4 nitrogen and oxygen atoms in total. The second-order valence-electron chi connectivity index (χ2n) is 8.19. The predicted octanol–water partition coefficient (Wildman–Crippen LogP) is 4.11. The number of ether oxygens (including phenoxy) is 1. The summed E-state index contributed by atoms with van der Waals surface area (Å²) in [6.07, 6.45) is 3.91. The Hall–Kier alpha value is -2.40. The van der Waals surface area contributed by atoms with Crippen molar-refractivity contribution < 1.29 is 13.9 Å². The Labute approximate surface area is 172 Å². The van der Waals surface area contributed by atoms with Gasteiger partial charge in [0.15, 0.2) is 0 Å². The lowest BCUT2D eigenvalue weighted by molar-refractivity contribution is -0.134. The van der Waals surface area contributed by atoms with Gasteiger partial charge in [0.05, 0.1) is 7.11 Å². The van der Waals surface area contributed by atoms with Gasteiger partial charge in [0, 0.05) is 31.6 Å². The molecule has 154 valence electrons. The van der Waals surface area contributed by atoms with Gasteiger partial charge in [0.2, 0.25) is 5.91 Å². The third-order valence-electron chi connectivity index (χ3n) is 6.35. The van der Waals surface area contributed by atoms with E-state index in [1.165, 1.54) is 17.7 Å². The summed E-state index contributed by atoms with van der Waals surface area (Å²) in [5, 5.41) is 3.64. The van der Waals surface area contributed by atoms with E-state index in [0.717, 1.165) is 56.6 Å². The first-order valence-corrected chi connectivity index (χ1v) is 10.5. The summed E-state index contributed by atoms with van der Waals surface area (Å²) in [4.78, 5) is 15.2. The monoisotopic (exact) mass is 396 g/mol. The van der Waals surface area contributed by atoms with Gasteiger partial charge in [0.1, 0.15) is 11.6 Å². The van der Waals surface area contributed by atoms with E-state index >= 15 is 0 Å². The van der Waals surface area contributed by atoms with Crippen molar-refractivity contribution >= 4 is 5.91 Å². The maximum absolute atomic E-state index is 13.4. The maximum Gasteiger partial charge on any atom is 0.226 e. The average Bonchev–Trinajstić information content (AvgIpc) is 3.43. The molecular formula is C24H29FN2O2. The van der Waals surface area contributed by atoms with E-state index in [1.54, 1.807) is 7.11 Å². The van der Waals surface area contributed by atoms with Crippen molar-refractivity contribution in [1.29, 1.82) is 0 Å². The van der Waals surface area contributed by atoms with Crippen molar-refractivity contribution in [3.05, 3.63) is 65.5 Å². The van der Waals surface area contributed by atoms with Crippen molar-refractivity contribution in [3.8, 4) is 5.75 Å². The zero-order valence-electron chi connectivity index (χ0n) is 16.9. The molecule has 2 aromatic carbocycles. The van der Waals surface area contributed by atoms with E-state index in [2.05, 4.69) is 17.4 Å². The Kier molecular flexibility index (Phi) is 6.14. The van der Waals surface area contributed by atoms with Crippen LogP contribution in [0.1, 0.15) is 42.7 Å². The molecule has 0 bridgehead atoms. The first-order valence-electron chi connectivity index (χ1n) is 10.5. The number of methoxy groups -OCH3 is 1. The molecule has 1 saturated carbocycles. The molecule has 1 heterocycles. The van der Waals surface area contributed by atoms with E-state index in [1.807, 2.05) is 29.2 Å². The number of amides is 1. The Morgan fingerprint density at radius 3 is 2.41 bits per heavy atom. The van der Waals surface area contributed by atoms with E-state index in [-0.39, 0.29) is 29.6 Å². The van der Waals surface area contributed by atoms with Crippen molar-refractivity contribution in [2.24, 2.45) is 5.92 Å². The summed E-state index contributed by atoms with van der Waals surface area (Å²) in [5.74, 6) is 0.986. The van der Waals surface area contributed by atoms with Crippen LogP contribution in [0, 0.1) is 11.7 Å². The maximum atomic E-state index is 13.4. The van der Waals surface area contributed by atoms with E-state index in [0.29, 0.717) is 0 Å². The predicted molar refractivity (Wildman–Crippen MR) is 111 cm³/mol. The number of carbonyl (C=O) groups excluding carboxylic acids is 1. The third kappa shape index (κ3) is 4.61. The molecule has 1 aliphatic heterocycles. The SMILES string of the molecule is COc1ccc(CN[C@@H]2C[C@H](C(=O)N3CCCC3)[C@@H](c3ccc(F)cc3)C2)cc1. The second-order valence-corrected chi connectivity index (χ2v) is 8.19. The number of likely N-dealkylation sites (tertiary alicyclic amines) is 1. The molecule has 0 spiro atoms. The lowest BCUT2D eigenvalue weighted by atomic mass is 9.88. The molecule has 29 heavy (non-hydrogen) atoms. The summed E-state index contributed by atoms with van der Waals surface area (Å²) in [5.41, 5.74) is 2.26. The van der Waals surface area contributed by atoms with Crippen LogP contribution in [-0.2, 0) is 11.3 Å². The van der Waals surface area contributed by atoms with Crippen LogP contribution in [0.3, 0.4) is 0 Å². The minimum atomic E-state index is -0.233. The molecule has 0 aromatic heterocycles. The molecular weight excluding hydrogens is 367 g/mol. The molecule has 2 aliphatic rings. The van der Waals surface area contributed by atoms with Gasteiger partial charge in [-0.1, -0.05) is 24.3 Å². The normalized spacial score (nSPS) is 24.1. The minimum absolute atomic E-state index is 0.0353. The number of nitrogens with one attached hydrogen (secondary N) is 1. The lowest BCUT2D eigenvalue weighted by Gasteiger charge is -2.24. The fraction of sp³-hybridized carbons (Fsp3) is 0.458. The van der Waals surface area contributed by atoms with Gasteiger partial charge in [-0.25, -0.2) is 4.39 Å². The first kappa shape index (κ1) is 19.9. The number of carbonyl (C=O) groups is 1. The van der Waals surface area contributed by atoms with Crippen LogP contribution in [-0.4, -0.2) is 37.0 Å². The van der Waals surface area contributed by atoms with Crippen LogP contribution in [0.15, 0.2) is 48.5 Å². The van der Waals surface area contributed by atoms with Gasteiger partial charge in [-0.05, 0) is 67.0 Å². The van der Waals surface area contributed by atoms with E-state index in [4.69, 9.17) is 4.74 Å². The Balaban J connectivity index is 1.46. The van der Waals surface area contributed by atoms with Gasteiger partial charge in [-0.2, -0.15) is 0 Å². The van der Waals surface area contributed by atoms with Gasteiger partial charge >= 0.3 is 0 Å². The number of hydrogen-bond acceptors (Lipinski definition) is 3. The molecule has 2 fully saturated rings. The summed E-state index contributed by atoms with van der Waals surface area (Å²) in [6, 6.07) is 15.0. The number of rotatable bonds is 6. The van der Waals surface area contributed by atoms with Crippen molar-refractivity contribution in [2.75, 3.05) is 20.2 Å². The summed E-state index contributed by atoms with van der Waals surface area (Å²) in [7, 11) is 1.67. The highest BCUT2D eigenvalue weighted by Gasteiger charge is 2.41. The molecule has 5 heteroatoms. The zero-order valence-corrected chi connectivity index (χ0v) is 16.9. The highest BCUT2D eigenvalue weighted by atomic mass is 19.1. The van der Waals surface area contributed by atoms with E-state index < -0.39 is 0 Å². The highest BCUT2D eigenvalue weighted by Crippen LogP contribution is 2.41. The number of halogens is 1. The van der Waals surface area contributed by atoms with Crippen LogP contribution in [0.4, 0.5) is 4.39 Å². The molecule has 1 saturated heterocycles. The Morgan fingerprint density at radius 1 is 1.07 bits per heavy atom. The molecule has 4 rings (SSSR count). The fourth-order valence-electron chi connectivity index (χ4n) is 4.73. The number of nitrogens with zero attached hydrogens (tertiary/aromatic N) is 1. The van der Waals surface area contributed by atoms with Crippen LogP contribution < -0.4 is 10.1 Å². The largest absolute Gasteiger partial charge is 0.497 e. The fourth-order valence-corrected chi connectivity index (χ4v) is 4.73. The molecule has 3 atom stereocenters. The zero-order chi connectivity index (χ0) is 20.2. The first-order chi connectivity index (χ1) is 14.1. The standard InChI is InChI=1S/C24H29FN2O2/c1-29-21-10-4-17(5-11-21)16-26-20-14-22(18-6-8-19(25)9-7-18)23(15-20)24(28)27-12-2-3-13-27/h4-11,20,22-23,26H,2-3,12-16H2,1H3/t20-,22+,23-/m0/s1. The molecule has 0 unspecified atom stereocenters. The van der Waals surface area contributed by atoms with Crippen LogP contribution in [0.25, 0.3) is 0 Å². The van der Waals surface area contributed by atoms with Crippen molar-refractivity contribution in [1.82, 2.24) is 10.2 Å². The van der Waals surface area contributed by atoms with Gasteiger partial charge in [-0.15, -0.1) is 0 Å². The summed E-state index contributed by atoms with van der Waals surface area (Å²) >= 11 is 0. The second kappa shape index (κ2) is 8.95.